The van der Waals surface area contributed by atoms with Crippen molar-refractivity contribution in [3.63, 3.8) is 0 Å². The molecule has 0 bridgehead atoms. The molecule has 1 nitrogen and oxygen atoms in total. The van der Waals surface area contributed by atoms with Crippen LogP contribution in [0.2, 0.25) is 0 Å². The van der Waals surface area contributed by atoms with Crippen LogP contribution in [0, 0.1) is 11.8 Å². The molecule has 16 heavy (non-hydrogen) atoms. The SMILES string of the molecule is CCC1CCCC(C(N)C2CCCCS2)C1. The molecule has 0 radical (unpaired) electrons. The third-order valence-electron chi connectivity index (χ3n) is 4.59. The molecule has 94 valence electrons. The van der Waals surface area contributed by atoms with Crippen molar-refractivity contribution in [2.45, 2.75) is 69.6 Å². The zero-order valence-electron chi connectivity index (χ0n) is 10.7. The summed E-state index contributed by atoms with van der Waals surface area (Å²) in [5.74, 6) is 3.15. The van der Waals surface area contributed by atoms with Gasteiger partial charge in [-0.05, 0) is 43.3 Å². The van der Waals surface area contributed by atoms with E-state index in [1.54, 1.807) is 0 Å². The highest BCUT2D eigenvalue weighted by Gasteiger charge is 2.31. The first kappa shape index (κ1) is 12.8. The summed E-state index contributed by atoms with van der Waals surface area (Å²) in [5.41, 5.74) is 6.52. The topological polar surface area (TPSA) is 26.0 Å². The van der Waals surface area contributed by atoms with Crippen LogP contribution in [0.25, 0.3) is 0 Å². The molecule has 2 heteroatoms. The van der Waals surface area contributed by atoms with E-state index < -0.39 is 0 Å². The van der Waals surface area contributed by atoms with Crippen molar-refractivity contribution in [2.75, 3.05) is 5.75 Å². The zero-order chi connectivity index (χ0) is 11.4. The Balaban J connectivity index is 1.84. The molecule has 0 amide bonds. The predicted octanol–water partition coefficient (Wildman–Crippen LogP) is 3.82. The van der Waals surface area contributed by atoms with E-state index in [2.05, 4.69) is 18.7 Å². The van der Waals surface area contributed by atoms with Crippen molar-refractivity contribution >= 4 is 11.8 Å². The molecule has 4 atom stereocenters. The molecule has 1 saturated carbocycles. The monoisotopic (exact) mass is 241 g/mol. The molecule has 1 aliphatic heterocycles. The maximum atomic E-state index is 6.52. The van der Waals surface area contributed by atoms with Gasteiger partial charge in [0.25, 0.3) is 0 Å². The maximum absolute atomic E-state index is 6.52. The van der Waals surface area contributed by atoms with Gasteiger partial charge in [0, 0.05) is 11.3 Å². The van der Waals surface area contributed by atoms with Gasteiger partial charge in [0.1, 0.15) is 0 Å². The van der Waals surface area contributed by atoms with E-state index in [1.807, 2.05) is 0 Å². The Labute approximate surface area is 105 Å². The Bertz CT molecular complexity index is 201. The fraction of sp³-hybridized carbons (Fsp3) is 1.00. The Morgan fingerprint density at radius 3 is 2.75 bits per heavy atom. The van der Waals surface area contributed by atoms with Gasteiger partial charge in [0.15, 0.2) is 0 Å². The minimum Gasteiger partial charge on any atom is -0.326 e. The van der Waals surface area contributed by atoms with Gasteiger partial charge in [-0.3, -0.25) is 0 Å². The summed E-state index contributed by atoms with van der Waals surface area (Å²) in [4.78, 5) is 0. The maximum Gasteiger partial charge on any atom is 0.0201 e. The molecule has 2 fully saturated rings. The number of rotatable bonds is 3. The molecular weight excluding hydrogens is 214 g/mol. The zero-order valence-corrected chi connectivity index (χ0v) is 11.5. The second kappa shape index (κ2) is 6.30. The summed E-state index contributed by atoms with van der Waals surface area (Å²) in [6.07, 6.45) is 11.3. The predicted molar refractivity (Wildman–Crippen MR) is 73.8 cm³/mol. The second-order valence-electron chi connectivity index (χ2n) is 5.68. The molecule has 1 heterocycles. The smallest absolute Gasteiger partial charge is 0.0201 e. The summed E-state index contributed by atoms with van der Waals surface area (Å²) in [6.45, 7) is 2.34. The lowest BCUT2D eigenvalue weighted by molar-refractivity contribution is 0.224. The lowest BCUT2D eigenvalue weighted by Gasteiger charge is -2.37. The first-order valence-electron chi connectivity index (χ1n) is 7.18. The minimum atomic E-state index is 0.486. The number of nitrogens with two attached hydrogens (primary N) is 1. The first-order valence-corrected chi connectivity index (χ1v) is 8.23. The third kappa shape index (κ3) is 3.16. The summed E-state index contributed by atoms with van der Waals surface area (Å²) in [7, 11) is 0. The van der Waals surface area contributed by atoms with Crippen LogP contribution in [0.4, 0.5) is 0 Å². The van der Waals surface area contributed by atoms with Crippen molar-refractivity contribution in [1.82, 2.24) is 0 Å². The standard InChI is InChI=1S/C14H27NS/c1-2-11-6-5-7-12(10-11)14(15)13-8-3-4-9-16-13/h11-14H,2-10,15H2,1H3. The number of hydrogen-bond acceptors (Lipinski definition) is 2. The van der Waals surface area contributed by atoms with Crippen LogP contribution in [0.15, 0.2) is 0 Å². The molecule has 4 unspecified atom stereocenters. The van der Waals surface area contributed by atoms with Crippen LogP contribution in [-0.4, -0.2) is 17.0 Å². The molecule has 1 saturated heterocycles. The van der Waals surface area contributed by atoms with Crippen molar-refractivity contribution in [3.8, 4) is 0 Å². The molecule has 2 rings (SSSR count). The Kier molecular flexibility index (Phi) is 5.02. The third-order valence-corrected chi connectivity index (χ3v) is 6.09. The quantitative estimate of drug-likeness (QED) is 0.813. The van der Waals surface area contributed by atoms with Gasteiger partial charge in [-0.1, -0.05) is 32.6 Å². The van der Waals surface area contributed by atoms with Crippen LogP contribution in [0.5, 0.6) is 0 Å². The lowest BCUT2D eigenvalue weighted by atomic mass is 9.76. The molecule has 0 spiro atoms. The molecule has 0 aromatic rings. The highest BCUT2D eigenvalue weighted by atomic mass is 32.2. The Morgan fingerprint density at radius 1 is 1.19 bits per heavy atom. The van der Waals surface area contributed by atoms with E-state index in [0.717, 1.165) is 17.1 Å². The Morgan fingerprint density at radius 2 is 2.06 bits per heavy atom. The van der Waals surface area contributed by atoms with Crippen molar-refractivity contribution in [2.24, 2.45) is 17.6 Å². The summed E-state index contributed by atoms with van der Waals surface area (Å²) in [6, 6.07) is 0.486. The second-order valence-corrected chi connectivity index (χ2v) is 7.03. The van der Waals surface area contributed by atoms with Gasteiger partial charge in [0.05, 0.1) is 0 Å². The number of hydrogen-bond donors (Lipinski definition) is 1. The largest absolute Gasteiger partial charge is 0.326 e. The molecule has 0 aromatic heterocycles. The molecule has 2 aliphatic rings. The van der Waals surface area contributed by atoms with Gasteiger partial charge in [-0.15, -0.1) is 0 Å². The average Bonchev–Trinajstić information content (AvgIpc) is 2.39. The van der Waals surface area contributed by atoms with E-state index in [-0.39, 0.29) is 0 Å². The highest BCUT2D eigenvalue weighted by Crippen LogP contribution is 2.37. The fourth-order valence-corrected chi connectivity index (χ4v) is 4.88. The summed E-state index contributed by atoms with van der Waals surface area (Å²) < 4.78 is 0. The van der Waals surface area contributed by atoms with E-state index in [0.29, 0.717) is 6.04 Å². The normalized spacial score (nSPS) is 38.2. The summed E-state index contributed by atoms with van der Waals surface area (Å²) >= 11 is 2.15. The fourth-order valence-electron chi connectivity index (χ4n) is 3.43. The van der Waals surface area contributed by atoms with E-state index in [9.17, 15) is 0 Å². The van der Waals surface area contributed by atoms with Crippen molar-refractivity contribution in [3.05, 3.63) is 0 Å². The van der Waals surface area contributed by atoms with Gasteiger partial charge in [0.2, 0.25) is 0 Å². The van der Waals surface area contributed by atoms with Gasteiger partial charge < -0.3 is 5.73 Å². The van der Waals surface area contributed by atoms with Crippen LogP contribution in [0.3, 0.4) is 0 Å². The van der Waals surface area contributed by atoms with Crippen LogP contribution < -0.4 is 5.73 Å². The Hall–Kier alpha value is 0.310. The highest BCUT2D eigenvalue weighted by molar-refractivity contribution is 8.00. The average molecular weight is 241 g/mol. The van der Waals surface area contributed by atoms with Crippen LogP contribution in [0.1, 0.15) is 58.3 Å². The van der Waals surface area contributed by atoms with Gasteiger partial charge in [-0.2, -0.15) is 11.8 Å². The lowest BCUT2D eigenvalue weighted by Crippen LogP contribution is -2.42. The number of thioether (sulfide) groups is 1. The van der Waals surface area contributed by atoms with E-state index in [4.69, 9.17) is 5.73 Å². The van der Waals surface area contributed by atoms with Gasteiger partial charge in [-0.25, -0.2) is 0 Å². The van der Waals surface area contributed by atoms with E-state index in [1.165, 1.54) is 57.1 Å². The van der Waals surface area contributed by atoms with E-state index >= 15 is 0 Å². The molecule has 0 aromatic carbocycles. The van der Waals surface area contributed by atoms with Crippen molar-refractivity contribution in [1.29, 1.82) is 0 Å². The van der Waals surface area contributed by atoms with Crippen molar-refractivity contribution < 1.29 is 0 Å². The first-order chi connectivity index (χ1) is 7.81. The minimum absolute atomic E-state index is 0.486. The molecule has 1 aliphatic carbocycles. The molecular formula is C14H27NS. The molecule has 2 N–H and O–H groups in total. The van der Waals surface area contributed by atoms with Crippen LogP contribution >= 0.6 is 11.8 Å². The van der Waals surface area contributed by atoms with Crippen LogP contribution in [-0.2, 0) is 0 Å². The van der Waals surface area contributed by atoms with Gasteiger partial charge >= 0.3 is 0 Å². The summed E-state index contributed by atoms with van der Waals surface area (Å²) in [5, 5.41) is 0.773.